The third-order valence-electron chi connectivity index (χ3n) is 10.7. The lowest BCUT2D eigenvalue weighted by Gasteiger charge is -2.46. The van der Waals surface area contributed by atoms with Gasteiger partial charge >= 0.3 is 0 Å². The smallest absolute Gasteiger partial charge is 0.286 e. The van der Waals surface area contributed by atoms with Crippen LogP contribution in [0, 0.1) is 17.8 Å². The van der Waals surface area contributed by atoms with Gasteiger partial charge in [0.2, 0.25) is 5.91 Å². The monoisotopic (exact) mass is 665 g/mol. The van der Waals surface area contributed by atoms with E-state index in [2.05, 4.69) is 38.3 Å². The Hall–Kier alpha value is -2.88. The van der Waals surface area contributed by atoms with E-state index in [1.165, 1.54) is 11.1 Å². The van der Waals surface area contributed by atoms with Crippen LogP contribution >= 0.6 is 11.6 Å². The zero-order chi connectivity index (χ0) is 31.9. The van der Waals surface area contributed by atoms with E-state index in [1.54, 1.807) is 13.2 Å². The van der Waals surface area contributed by atoms with Gasteiger partial charge in [0, 0.05) is 42.6 Å². The number of nitrogens with zero attached hydrogens (tertiary/aromatic N) is 2. The standard InChI is InChI=1S/C36H44ClN3O5S/c1-44-32-7-3-2-4-17-46(43,38-34(41)18-24-8-9-24)39-35(42)26-11-15-33-31(20-26)40(21-27-10-13-29(27)32)22-36(23-45-33)16-5-6-25-19-28(37)12-14-30(25)36/h3,7,11-12,14-15,19-20,24,27,29,32H,2,4-6,8-10,13,16-18,21-23H2,1H3,(H,38,39,41,42,43)/b7-3+/t27-,29+,32-,36-,46?/m0/s1. The minimum Gasteiger partial charge on any atom is -0.490 e. The third-order valence-corrected chi connectivity index (χ3v) is 12.8. The molecule has 5 atom stereocenters. The van der Waals surface area contributed by atoms with Crippen molar-refractivity contribution in [1.29, 1.82) is 0 Å². The number of anilines is 1. The molecule has 1 unspecified atom stereocenters. The van der Waals surface area contributed by atoms with Gasteiger partial charge in [0.05, 0.1) is 24.2 Å². The van der Waals surface area contributed by atoms with Gasteiger partial charge in [0.15, 0.2) is 0 Å². The number of rotatable bonds is 4. The van der Waals surface area contributed by atoms with E-state index >= 15 is 0 Å². The van der Waals surface area contributed by atoms with Crippen LogP contribution in [0.5, 0.6) is 5.75 Å². The first-order valence-electron chi connectivity index (χ1n) is 16.8. The lowest BCUT2D eigenvalue weighted by molar-refractivity contribution is -0.119. The molecule has 2 amide bonds. The van der Waals surface area contributed by atoms with E-state index in [0.29, 0.717) is 49.2 Å². The van der Waals surface area contributed by atoms with E-state index < -0.39 is 15.8 Å². The van der Waals surface area contributed by atoms with Gasteiger partial charge in [-0.3, -0.25) is 14.3 Å². The fourth-order valence-corrected chi connectivity index (χ4v) is 9.72. The molecule has 2 heterocycles. The summed E-state index contributed by atoms with van der Waals surface area (Å²) in [7, 11) is -1.53. The van der Waals surface area contributed by atoms with Gasteiger partial charge in [-0.15, -0.1) is 4.36 Å². The number of ether oxygens (including phenoxy) is 2. The van der Waals surface area contributed by atoms with Crippen molar-refractivity contribution in [3.8, 4) is 5.75 Å². The largest absolute Gasteiger partial charge is 0.490 e. The number of amides is 2. The van der Waals surface area contributed by atoms with Crippen LogP contribution in [-0.4, -0.2) is 54.7 Å². The van der Waals surface area contributed by atoms with Gasteiger partial charge in [0.25, 0.3) is 5.91 Å². The summed E-state index contributed by atoms with van der Waals surface area (Å²) in [5, 5.41) is 0.752. The maximum Gasteiger partial charge on any atom is 0.286 e. The zero-order valence-corrected chi connectivity index (χ0v) is 28.1. The Morgan fingerprint density at radius 2 is 2.04 bits per heavy atom. The first-order valence-corrected chi connectivity index (χ1v) is 18.9. The second-order valence-electron chi connectivity index (χ2n) is 14.0. The molecule has 2 aliphatic heterocycles. The van der Waals surface area contributed by atoms with Crippen molar-refractivity contribution in [3.05, 3.63) is 70.3 Å². The first-order chi connectivity index (χ1) is 22.2. The number of hydrogen-bond donors (Lipinski definition) is 1. The average molecular weight is 666 g/mol. The molecule has 0 saturated heterocycles. The van der Waals surface area contributed by atoms with Crippen LogP contribution in [0.2, 0.25) is 5.02 Å². The lowest BCUT2D eigenvalue weighted by atomic mass is 9.68. The number of allylic oxidation sites excluding steroid dienone is 1. The van der Waals surface area contributed by atoms with Crippen LogP contribution in [0.3, 0.4) is 0 Å². The Morgan fingerprint density at radius 1 is 1.17 bits per heavy atom. The molecule has 2 bridgehead atoms. The highest BCUT2D eigenvalue weighted by atomic mass is 35.5. The van der Waals surface area contributed by atoms with Crippen molar-refractivity contribution in [2.24, 2.45) is 22.1 Å². The number of hydrogen-bond acceptors (Lipinski definition) is 6. The number of fused-ring (bicyclic) bond motifs is 4. The minimum atomic E-state index is -3.31. The topological polar surface area (TPSA) is 97.3 Å². The van der Waals surface area contributed by atoms with Gasteiger partial charge in [-0.25, -0.2) is 4.21 Å². The van der Waals surface area contributed by atoms with Crippen LogP contribution < -0.4 is 14.4 Å². The minimum absolute atomic E-state index is 0.0129. The Morgan fingerprint density at radius 3 is 2.83 bits per heavy atom. The van der Waals surface area contributed by atoms with Crippen molar-refractivity contribution in [2.75, 3.05) is 37.5 Å². The molecular weight excluding hydrogens is 622 g/mol. The normalized spacial score (nSPS) is 31.7. The quantitative estimate of drug-likeness (QED) is 0.368. The van der Waals surface area contributed by atoms with Crippen LogP contribution in [0.1, 0.15) is 79.3 Å². The van der Waals surface area contributed by atoms with Crippen molar-refractivity contribution in [2.45, 2.75) is 75.7 Å². The molecule has 246 valence electrons. The third kappa shape index (κ3) is 6.60. The number of aryl methyl sites for hydroxylation is 1. The first kappa shape index (κ1) is 31.7. The predicted octanol–water partition coefficient (Wildman–Crippen LogP) is 6.64. The second-order valence-corrected chi connectivity index (χ2v) is 16.5. The van der Waals surface area contributed by atoms with Gasteiger partial charge in [-0.1, -0.05) is 29.8 Å². The van der Waals surface area contributed by atoms with Gasteiger partial charge in [-0.05, 0) is 117 Å². The molecule has 2 aromatic rings. The summed E-state index contributed by atoms with van der Waals surface area (Å²) in [5.41, 5.74) is 3.54. The molecule has 10 heteroatoms. The number of carbonyl (C=O) groups is 2. The maximum absolute atomic E-state index is 14.0. The van der Waals surface area contributed by atoms with Crippen molar-refractivity contribution >= 4 is 39.0 Å². The SMILES string of the molecule is CO[C@H]1/C=C/CCCS(=O)(NC(=O)CC2CC2)=NC(=O)c2ccc3c(c2)N(C[C@@H]2CC[C@H]21)C[C@@]1(CCCc2cc(Cl)ccc21)CO3. The van der Waals surface area contributed by atoms with Crippen LogP contribution in [0.25, 0.3) is 0 Å². The molecule has 2 fully saturated rings. The molecule has 1 spiro atoms. The summed E-state index contributed by atoms with van der Waals surface area (Å²) in [6, 6.07) is 11.7. The maximum atomic E-state index is 14.0. The average Bonchev–Trinajstić information content (AvgIpc) is 3.85. The van der Waals surface area contributed by atoms with Crippen molar-refractivity contribution < 1.29 is 23.3 Å². The number of methoxy groups -OCH3 is 1. The Labute approximate surface area is 277 Å². The van der Waals surface area contributed by atoms with Gasteiger partial charge in [-0.2, -0.15) is 0 Å². The Balaban J connectivity index is 1.28. The molecule has 3 aliphatic carbocycles. The highest BCUT2D eigenvalue weighted by Crippen LogP contribution is 2.47. The molecule has 2 aromatic carbocycles. The highest BCUT2D eigenvalue weighted by Gasteiger charge is 2.44. The fraction of sp³-hybridized carbons (Fsp3) is 0.556. The van der Waals surface area contributed by atoms with Gasteiger partial charge < -0.3 is 14.4 Å². The fourth-order valence-electron chi connectivity index (χ4n) is 7.92. The van der Waals surface area contributed by atoms with E-state index in [4.69, 9.17) is 21.1 Å². The highest BCUT2D eigenvalue weighted by molar-refractivity contribution is 7.92. The Bertz CT molecular complexity index is 1660. The summed E-state index contributed by atoms with van der Waals surface area (Å²) < 4.78 is 33.6. The molecule has 5 aliphatic rings. The predicted molar refractivity (Wildman–Crippen MR) is 181 cm³/mol. The van der Waals surface area contributed by atoms with Gasteiger partial charge in [0.1, 0.15) is 15.7 Å². The van der Waals surface area contributed by atoms with E-state index in [0.717, 1.165) is 74.5 Å². The molecule has 7 rings (SSSR count). The van der Waals surface area contributed by atoms with Crippen LogP contribution in [-0.2, 0) is 31.3 Å². The second kappa shape index (κ2) is 13.0. The van der Waals surface area contributed by atoms with Crippen LogP contribution in [0.15, 0.2) is 52.9 Å². The summed E-state index contributed by atoms with van der Waals surface area (Å²) in [6.45, 7) is 2.08. The Kier molecular flexibility index (Phi) is 8.94. The molecule has 1 N–H and O–H groups in total. The molecule has 0 aromatic heterocycles. The summed E-state index contributed by atoms with van der Waals surface area (Å²) in [6.07, 6.45) is 13.0. The van der Waals surface area contributed by atoms with E-state index in [1.807, 2.05) is 18.2 Å². The molecule has 46 heavy (non-hydrogen) atoms. The lowest BCUT2D eigenvalue weighted by Crippen LogP contribution is -2.49. The summed E-state index contributed by atoms with van der Waals surface area (Å²) in [4.78, 5) is 28.9. The number of benzene rings is 2. The summed E-state index contributed by atoms with van der Waals surface area (Å²) in [5.74, 6) is 1.08. The van der Waals surface area contributed by atoms with E-state index in [-0.39, 0.29) is 23.2 Å². The molecule has 0 radical (unpaired) electrons. The molecule has 2 saturated carbocycles. The van der Waals surface area contributed by atoms with Crippen molar-refractivity contribution in [3.63, 3.8) is 0 Å². The number of nitrogens with one attached hydrogen (secondary N) is 1. The van der Waals surface area contributed by atoms with Crippen LogP contribution in [0.4, 0.5) is 5.69 Å². The molecular formula is C36H44ClN3O5S. The number of carbonyl (C=O) groups excluding carboxylic acids is 2. The van der Waals surface area contributed by atoms with E-state index in [9.17, 15) is 13.8 Å². The molecule has 8 nitrogen and oxygen atoms in total. The summed E-state index contributed by atoms with van der Waals surface area (Å²) >= 11 is 6.43. The zero-order valence-electron chi connectivity index (χ0n) is 26.5. The van der Waals surface area contributed by atoms with Crippen molar-refractivity contribution in [1.82, 2.24) is 4.72 Å². The number of halogens is 1.